The SMILES string of the molecule is CC1C2Oc3ccc(C(F)(F)F)cc3CN2C(=O)[C@]12CC[C@@H](N1CC[C@@H](c3cccc(C(=O)O)c3)[C@H](C)C1)C2. The number of alkyl halides is 3. The van der Waals surface area contributed by atoms with Crippen molar-refractivity contribution in [2.75, 3.05) is 13.1 Å². The molecule has 1 amide bonds. The number of nitrogens with zero attached hydrogens (tertiary/aromatic N) is 2. The molecule has 2 aromatic rings. The Morgan fingerprint density at radius 1 is 1.13 bits per heavy atom. The van der Waals surface area contributed by atoms with Gasteiger partial charge in [0.1, 0.15) is 5.75 Å². The molecule has 3 aliphatic heterocycles. The van der Waals surface area contributed by atoms with E-state index >= 15 is 0 Å². The lowest BCUT2D eigenvalue weighted by molar-refractivity contribution is -0.140. The van der Waals surface area contributed by atoms with E-state index in [0.717, 1.165) is 56.5 Å². The number of rotatable bonds is 3. The highest BCUT2D eigenvalue weighted by Gasteiger charge is 2.62. The Bertz CT molecular complexity index is 1310. The normalized spacial score (nSPS) is 32.7. The number of fused-ring (bicyclic) bond motifs is 2. The summed E-state index contributed by atoms with van der Waals surface area (Å²) >= 11 is 0. The van der Waals surface area contributed by atoms with Gasteiger partial charge in [0.05, 0.1) is 23.1 Å². The molecule has 1 N–H and O–H groups in total. The first kappa shape index (κ1) is 26.2. The van der Waals surface area contributed by atoms with Crippen LogP contribution in [0.1, 0.15) is 72.5 Å². The number of ether oxygens (including phenoxy) is 1. The summed E-state index contributed by atoms with van der Waals surface area (Å²) in [6.45, 7) is 6.14. The standard InChI is InChI=1S/C30H33F3N2O4/c1-17-15-34(11-9-24(17)19-4-3-5-20(12-19)27(36)37)23-8-10-29(14-23)18(2)26-35(28(29)38)16-21-13-22(30(31,32)33)6-7-25(21)39-26/h3-7,12-13,17-18,23-24,26H,8-11,14-16H2,1-2H3,(H,36,37)/t17-,18?,23-,24-,26?,29+/m1/s1. The minimum atomic E-state index is -4.45. The molecule has 4 aliphatic rings. The third-order valence-electron chi connectivity index (χ3n) is 9.81. The third kappa shape index (κ3) is 4.29. The maximum atomic E-state index is 13.8. The number of likely N-dealkylation sites (tertiary alicyclic amines) is 1. The number of amides is 1. The number of benzene rings is 2. The summed E-state index contributed by atoms with van der Waals surface area (Å²) in [6.07, 6.45) is -1.63. The van der Waals surface area contributed by atoms with Crippen LogP contribution >= 0.6 is 0 Å². The van der Waals surface area contributed by atoms with Crippen molar-refractivity contribution in [1.82, 2.24) is 9.80 Å². The molecular weight excluding hydrogens is 509 g/mol. The van der Waals surface area contributed by atoms with Gasteiger partial charge in [-0.2, -0.15) is 13.2 Å². The Hall–Kier alpha value is -3.07. The van der Waals surface area contributed by atoms with E-state index in [9.17, 15) is 27.9 Å². The Morgan fingerprint density at radius 3 is 2.64 bits per heavy atom. The Morgan fingerprint density at radius 2 is 1.92 bits per heavy atom. The fourth-order valence-electron chi connectivity index (χ4n) is 7.65. The summed E-state index contributed by atoms with van der Waals surface area (Å²) in [4.78, 5) is 29.4. The van der Waals surface area contributed by atoms with Crippen molar-refractivity contribution in [1.29, 1.82) is 0 Å². The molecule has 6 nitrogen and oxygen atoms in total. The highest BCUT2D eigenvalue weighted by Crippen LogP contribution is 2.56. The van der Waals surface area contributed by atoms with Gasteiger partial charge in [-0.3, -0.25) is 4.79 Å². The monoisotopic (exact) mass is 542 g/mol. The van der Waals surface area contributed by atoms with Gasteiger partial charge in [0.2, 0.25) is 5.91 Å². The van der Waals surface area contributed by atoms with Gasteiger partial charge in [-0.15, -0.1) is 0 Å². The first-order valence-electron chi connectivity index (χ1n) is 13.7. The zero-order valence-electron chi connectivity index (χ0n) is 22.1. The van der Waals surface area contributed by atoms with Crippen molar-refractivity contribution in [2.45, 2.75) is 70.4 Å². The largest absolute Gasteiger partial charge is 0.478 e. The number of aromatic carboxylic acids is 1. The van der Waals surface area contributed by atoms with Crippen molar-refractivity contribution in [3.05, 3.63) is 64.7 Å². The smallest absolute Gasteiger partial charge is 0.416 e. The second-order valence-corrected chi connectivity index (χ2v) is 11.9. The van der Waals surface area contributed by atoms with Crippen LogP contribution in [0.25, 0.3) is 0 Å². The van der Waals surface area contributed by atoms with Crippen LogP contribution in [0, 0.1) is 17.3 Å². The van der Waals surface area contributed by atoms with Crippen LogP contribution in [0.5, 0.6) is 5.75 Å². The Balaban J connectivity index is 1.15. The predicted molar refractivity (Wildman–Crippen MR) is 137 cm³/mol. The van der Waals surface area contributed by atoms with Crippen LogP contribution in [0.3, 0.4) is 0 Å². The molecule has 3 heterocycles. The molecule has 2 aromatic carbocycles. The molecule has 208 valence electrons. The van der Waals surface area contributed by atoms with Crippen molar-refractivity contribution < 1.29 is 32.6 Å². The summed E-state index contributed by atoms with van der Waals surface area (Å²) in [7, 11) is 0. The summed E-state index contributed by atoms with van der Waals surface area (Å²) in [5.41, 5.74) is 0.470. The Kier molecular flexibility index (Phi) is 6.21. The van der Waals surface area contributed by atoms with Crippen molar-refractivity contribution in [3.63, 3.8) is 0 Å². The molecule has 6 atom stereocenters. The molecule has 9 heteroatoms. The van der Waals surface area contributed by atoms with Crippen LogP contribution < -0.4 is 4.74 Å². The van der Waals surface area contributed by atoms with E-state index in [2.05, 4.69) is 11.8 Å². The first-order chi connectivity index (χ1) is 18.5. The number of halogens is 3. The molecule has 2 unspecified atom stereocenters. The summed E-state index contributed by atoms with van der Waals surface area (Å²) < 4.78 is 46.0. The van der Waals surface area contributed by atoms with Crippen molar-refractivity contribution in [3.8, 4) is 5.75 Å². The fourth-order valence-corrected chi connectivity index (χ4v) is 7.65. The predicted octanol–water partition coefficient (Wildman–Crippen LogP) is 5.76. The lowest BCUT2D eigenvalue weighted by Crippen LogP contribution is -2.45. The maximum absolute atomic E-state index is 13.8. The Labute approximate surface area is 225 Å². The van der Waals surface area contributed by atoms with E-state index in [1.165, 1.54) is 6.07 Å². The minimum Gasteiger partial charge on any atom is -0.478 e. The average molecular weight is 543 g/mol. The number of carbonyl (C=O) groups is 2. The molecule has 6 rings (SSSR count). The quantitative estimate of drug-likeness (QED) is 0.534. The van der Waals surface area contributed by atoms with E-state index in [1.807, 2.05) is 19.1 Å². The number of hydrogen-bond acceptors (Lipinski definition) is 4. The van der Waals surface area contributed by atoms with E-state index in [-0.39, 0.29) is 30.3 Å². The summed E-state index contributed by atoms with van der Waals surface area (Å²) in [5, 5.41) is 9.38. The van der Waals surface area contributed by atoms with E-state index in [1.54, 1.807) is 17.0 Å². The molecule has 2 saturated heterocycles. The summed E-state index contributed by atoms with van der Waals surface area (Å²) in [6, 6.07) is 11.0. The topological polar surface area (TPSA) is 70.1 Å². The first-order valence-corrected chi connectivity index (χ1v) is 13.7. The minimum absolute atomic E-state index is 0.000943. The average Bonchev–Trinajstić information content (AvgIpc) is 3.44. The molecule has 1 aliphatic carbocycles. The third-order valence-corrected chi connectivity index (χ3v) is 9.81. The van der Waals surface area contributed by atoms with Crippen LogP contribution in [0.4, 0.5) is 13.2 Å². The van der Waals surface area contributed by atoms with Gasteiger partial charge in [-0.1, -0.05) is 26.0 Å². The molecule has 1 saturated carbocycles. The molecule has 0 aromatic heterocycles. The summed E-state index contributed by atoms with van der Waals surface area (Å²) in [5.74, 6) is 0.0580. The van der Waals surface area contributed by atoms with Gasteiger partial charge >= 0.3 is 12.1 Å². The van der Waals surface area contributed by atoms with Gasteiger partial charge in [0.15, 0.2) is 6.23 Å². The van der Waals surface area contributed by atoms with Gasteiger partial charge in [-0.05, 0) is 80.0 Å². The van der Waals surface area contributed by atoms with Crippen LogP contribution in [-0.2, 0) is 17.5 Å². The van der Waals surface area contributed by atoms with Crippen molar-refractivity contribution in [2.24, 2.45) is 17.3 Å². The lowest BCUT2D eigenvalue weighted by atomic mass is 9.76. The fraction of sp³-hybridized carbons (Fsp3) is 0.533. The second-order valence-electron chi connectivity index (χ2n) is 11.9. The van der Waals surface area contributed by atoms with E-state index in [4.69, 9.17) is 4.74 Å². The van der Waals surface area contributed by atoms with Crippen LogP contribution in [0.2, 0.25) is 0 Å². The molecule has 0 radical (unpaired) electrons. The zero-order valence-corrected chi connectivity index (χ0v) is 22.1. The number of carbonyl (C=O) groups excluding carboxylic acids is 1. The van der Waals surface area contributed by atoms with Crippen LogP contribution in [0.15, 0.2) is 42.5 Å². The van der Waals surface area contributed by atoms with Crippen LogP contribution in [-0.4, -0.2) is 52.1 Å². The van der Waals surface area contributed by atoms with E-state index in [0.29, 0.717) is 22.8 Å². The molecule has 0 bridgehead atoms. The van der Waals surface area contributed by atoms with Gasteiger partial charge < -0.3 is 19.6 Å². The molecule has 3 fully saturated rings. The number of carboxylic acid groups (broad SMARTS) is 1. The second kappa shape index (κ2) is 9.25. The lowest BCUT2D eigenvalue weighted by Gasteiger charge is -2.41. The highest BCUT2D eigenvalue weighted by molar-refractivity contribution is 5.88. The number of hydrogen-bond donors (Lipinski definition) is 1. The highest BCUT2D eigenvalue weighted by atomic mass is 19.4. The van der Waals surface area contributed by atoms with Crippen molar-refractivity contribution >= 4 is 11.9 Å². The van der Waals surface area contributed by atoms with Gasteiger partial charge in [-0.25, -0.2) is 4.79 Å². The maximum Gasteiger partial charge on any atom is 0.416 e. The zero-order chi connectivity index (χ0) is 27.7. The molecular formula is C30H33F3N2O4. The van der Waals surface area contributed by atoms with E-state index < -0.39 is 29.4 Å². The van der Waals surface area contributed by atoms with Gasteiger partial charge in [0.25, 0.3) is 0 Å². The number of piperidine rings is 1. The molecule has 1 spiro atoms. The molecule has 39 heavy (non-hydrogen) atoms. The number of carboxylic acids is 1. The van der Waals surface area contributed by atoms with Gasteiger partial charge in [0, 0.05) is 24.1 Å².